The Kier molecular flexibility index (Phi) is 54.4. The number of nitrogens with two attached hydrogens (primary N) is 1. The van der Waals surface area contributed by atoms with Gasteiger partial charge in [-0.3, -0.25) is 9.59 Å². The van der Waals surface area contributed by atoms with Gasteiger partial charge in [-0.05, 0) is 246 Å². The molecule has 17 heteroatoms. The standard InChI is InChI=1S/C16H16.2C11H14O2S.C10H11N.C9H13NO.C9H12.C8H7F3.2C8H10O.C8H10.C7H7Cl.C7H6F2/c1-13-3-7-15(8-4-13)11-12-16-9-5-14(2)6-10-16;1-9-3-5-11(6-4-9)13-7-8-14-10(2)12;1-9-4-3-5-11(8-9)13-6-7-14-10(2)12;1-8-7-11(2)10-6-4-3-5-9(8)10;1-8-3-2-4-9(7-8)11-6-5-10;1-7-4-8(2)6-9(3)5-7;1-6-3-2-4-7(5-6)8(9,10)11;1-7-3-5-8(9-2)6-4-7;1-7-5-3-4-6-8(7)9-2;1-7-4-3-5-8(2)6-7;1-6-3-2-4-7(8)5-6;1-5-2-6(8)4-7(9)3-5/h3-12H,1-2H3;3-6H,7-8H2,1-2H3;3-5,8H,6-7H2,1-2H3;3-7H,1-2H3;2-4,7H,5-6,10H2,1H3;4-6H,1-3H3;2-5H,1H3;2*3-6H,1-2H3;3-6H,1-2H3;2-5H,1H3;2-4H,1H3/b12-11+;;;;;;;;;;;. The highest BCUT2D eigenvalue weighted by Gasteiger charge is 2.30. The first-order valence-corrected chi connectivity index (χ1v) is 44.6. The number of aryl methyl sites for hydroxylation is 17. The molecule has 0 radical (unpaired) electrons. The number of carbonyl (C=O) groups is 2. The van der Waals surface area contributed by atoms with Crippen LogP contribution in [-0.2, 0) is 22.8 Å². The molecule has 0 saturated heterocycles. The van der Waals surface area contributed by atoms with Crippen molar-refractivity contribution >= 4 is 68.4 Å². The number of ether oxygens (including phenoxy) is 5. The normalized spacial score (nSPS) is 9.98. The number of rotatable bonds is 15. The van der Waals surface area contributed by atoms with E-state index < -0.39 is 23.4 Å². The lowest BCUT2D eigenvalue weighted by Crippen LogP contribution is -2.10. The molecule has 0 fully saturated rings. The largest absolute Gasteiger partial charge is 0.497 e. The fourth-order valence-electron chi connectivity index (χ4n) is 11.6. The van der Waals surface area contributed by atoms with Crippen molar-refractivity contribution in [2.45, 2.75) is 131 Å². The first-order chi connectivity index (χ1) is 61.3. The molecule has 0 spiro atoms. The van der Waals surface area contributed by atoms with Crippen LogP contribution in [0.2, 0.25) is 5.02 Å². The quantitative estimate of drug-likeness (QED) is 0.0605. The fraction of sp³-hybridized carbons (Fsp3) is 0.250. The Bertz CT molecular complexity index is 5230. The van der Waals surface area contributed by atoms with Crippen molar-refractivity contribution in [3.63, 3.8) is 0 Å². The van der Waals surface area contributed by atoms with E-state index in [0.717, 1.165) is 52.0 Å². The number of carbonyl (C=O) groups excluding carboxylic acids is 2. The lowest BCUT2D eigenvalue weighted by atomic mass is 10.1. The molecule has 1 heterocycles. The van der Waals surface area contributed by atoms with Gasteiger partial charge in [-0.25, -0.2) is 8.78 Å². The van der Waals surface area contributed by atoms with E-state index in [0.29, 0.717) is 49.0 Å². The summed E-state index contributed by atoms with van der Waals surface area (Å²) in [6, 6.07) is 96.6. The Balaban J connectivity index is 0.000000365. The molecule has 0 aliphatic heterocycles. The van der Waals surface area contributed by atoms with Crippen LogP contribution in [0.3, 0.4) is 0 Å². The van der Waals surface area contributed by atoms with Crippen molar-refractivity contribution < 1.29 is 55.2 Å². The minimum Gasteiger partial charge on any atom is -0.497 e. The lowest BCUT2D eigenvalue weighted by Gasteiger charge is -2.05. The maximum Gasteiger partial charge on any atom is 0.416 e. The summed E-state index contributed by atoms with van der Waals surface area (Å²) in [6.07, 6.45) is 2.23. The van der Waals surface area contributed by atoms with Gasteiger partial charge in [0.05, 0.1) is 33.0 Å². The molecule has 0 saturated carbocycles. The number of alkyl halides is 3. The highest BCUT2D eigenvalue weighted by Crippen LogP contribution is 2.30. The highest BCUT2D eigenvalue weighted by molar-refractivity contribution is 8.13. The van der Waals surface area contributed by atoms with Crippen molar-refractivity contribution in [3.8, 4) is 28.7 Å². The van der Waals surface area contributed by atoms with Crippen LogP contribution in [0.4, 0.5) is 22.0 Å². The first-order valence-electron chi connectivity index (χ1n) is 42.3. The van der Waals surface area contributed by atoms with Gasteiger partial charge in [0, 0.05) is 67.1 Å². The van der Waals surface area contributed by atoms with Gasteiger partial charge >= 0.3 is 6.18 Å². The van der Waals surface area contributed by atoms with Crippen LogP contribution in [0.1, 0.15) is 120 Å². The molecule has 0 bridgehead atoms. The van der Waals surface area contributed by atoms with Gasteiger partial charge in [0.25, 0.3) is 0 Å². The molecular formula is C112H130ClF5N2O7S2. The van der Waals surface area contributed by atoms with Crippen molar-refractivity contribution in [1.82, 2.24) is 4.57 Å². The summed E-state index contributed by atoms with van der Waals surface area (Å²) < 4.78 is 88.7. The number of thioether (sulfide) groups is 2. The number of methoxy groups -OCH3 is 2. The van der Waals surface area contributed by atoms with Gasteiger partial charge in [0.15, 0.2) is 10.2 Å². The van der Waals surface area contributed by atoms with Crippen LogP contribution in [0.25, 0.3) is 23.1 Å². The van der Waals surface area contributed by atoms with Crippen LogP contribution < -0.4 is 29.4 Å². The zero-order valence-electron chi connectivity index (χ0n) is 78.8. The smallest absolute Gasteiger partial charge is 0.416 e. The van der Waals surface area contributed by atoms with Crippen LogP contribution in [-0.4, -0.2) is 66.9 Å². The van der Waals surface area contributed by atoms with E-state index in [9.17, 15) is 31.5 Å². The Morgan fingerprint density at radius 2 is 0.729 bits per heavy atom. The van der Waals surface area contributed by atoms with Gasteiger partial charge in [0.2, 0.25) is 0 Å². The van der Waals surface area contributed by atoms with Gasteiger partial charge in [-0.15, -0.1) is 0 Å². The minimum atomic E-state index is -4.22. The molecule has 0 aliphatic carbocycles. The highest BCUT2D eigenvalue weighted by atomic mass is 35.5. The van der Waals surface area contributed by atoms with Gasteiger partial charge in [0.1, 0.15) is 47.0 Å². The summed E-state index contributed by atoms with van der Waals surface area (Å²) in [6.45, 7) is 37.9. The topological polar surface area (TPSA) is 111 Å². The molecule has 0 amide bonds. The van der Waals surface area contributed by atoms with E-state index in [2.05, 4.69) is 208 Å². The van der Waals surface area contributed by atoms with Crippen molar-refractivity contribution in [2.75, 3.05) is 52.1 Å². The van der Waals surface area contributed by atoms with E-state index in [4.69, 9.17) is 41.0 Å². The second kappa shape index (κ2) is 63.1. The molecule has 14 rings (SSSR count). The molecule has 0 atom stereocenters. The molecule has 2 N–H and O–H groups in total. The van der Waals surface area contributed by atoms with Crippen molar-refractivity contribution in [3.05, 3.63) is 432 Å². The molecule has 1 aromatic heterocycles. The summed E-state index contributed by atoms with van der Waals surface area (Å²) in [5.41, 5.74) is 27.7. The maximum absolute atomic E-state index is 12.2. The second-order valence-electron chi connectivity index (χ2n) is 30.5. The molecule has 9 nitrogen and oxygen atoms in total. The van der Waals surface area contributed by atoms with E-state index in [-0.39, 0.29) is 10.2 Å². The third kappa shape index (κ3) is 52.8. The number of hydrogen-bond donors (Lipinski definition) is 1. The number of benzene rings is 13. The number of nitrogens with zero attached hydrogens (tertiary/aromatic N) is 1. The van der Waals surface area contributed by atoms with Crippen molar-refractivity contribution in [1.29, 1.82) is 0 Å². The fourth-order valence-corrected chi connectivity index (χ4v) is 12.7. The lowest BCUT2D eigenvalue weighted by molar-refractivity contribution is -0.137. The van der Waals surface area contributed by atoms with Gasteiger partial charge in [-0.1, -0.05) is 309 Å². The maximum atomic E-state index is 12.2. The number of para-hydroxylation sites is 2. The van der Waals surface area contributed by atoms with E-state index in [1.165, 1.54) is 142 Å². The molecule has 684 valence electrons. The molecule has 13 aromatic carbocycles. The summed E-state index contributed by atoms with van der Waals surface area (Å²) in [7, 11) is 5.43. The average molecular weight is 1810 g/mol. The van der Waals surface area contributed by atoms with E-state index in [1.807, 2.05) is 180 Å². The molecule has 14 aromatic rings. The summed E-state index contributed by atoms with van der Waals surface area (Å²) in [4.78, 5) is 21.2. The number of aromatic nitrogens is 1. The van der Waals surface area contributed by atoms with Crippen molar-refractivity contribution in [2.24, 2.45) is 12.8 Å². The SMILES string of the molecule is CC(=O)SCCOc1ccc(C)cc1.CC(=O)SCCOc1cccc(C)c1.COc1ccc(C)cc1.COc1ccccc1C.Cc1cc(C)cc(C)c1.Cc1cc(F)cc(F)c1.Cc1ccc(/C=C/c2ccc(C)cc2)cc1.Cc1cccc(C(F)(F)F)c1.Cc1cccc(C)c1.Cc1cccc(Cl)c1.Cc1cccc(OCCN)c1.Cc1cn(C)c2ccccc12. The molecule has 129 heavy (non-hydrogen) atoms. The number of fused-ring (bicyclic) bond motifs is 1. The van der Waals surface area contributed by atoms with E-state index in [1.54, 1.807) is 48.0 Å². The summed E-state index contributed by atoms with van der Waals surface area (Å²) >= 11 is 8.23. The Labute approximate surface area is 779 Å². The van der Waals surface area contributed by atoms with Crippen LogP contribution in [0.5, 0.6) is 28.7 Å². The van der Waals surface area contributed by atoms with Crippen LogP contribution >= 0.6 is 35.1 Å². The minimum absolute atomic E-state index is 0.137. The zero-order valence-corrected chi connectivity index (χ0v) is 81.2. The zero-order chi connectivity index (χ0) is 95.6. The number of hydrogen-bond acceptors (Lipinski definition) is 10. The Hall–Kier alpha value is -11.9. The Morgan fingerprint density at radius 1 is 0.364 bits per heavy atom. The molecule has 0 aliphatic rings. The summed E-state index contributed by atoms with van der Waals surface area (Å²) in [5, 5.41) is 2.44. The summed E-state index contributed by atoms with van der Waals surface area (Å²) in [5.74, 6) is 4.88. The molecular weight excluding hydrogens is 1680 g/mol. The van der Waals surface area contributed by atoms with Crippen LogP contribution in [0, 0.1) is 122 Å². The predicted molar refractivity (Wildman–Crippen MR) is 540 cm³/mol. The van der Waals surface area contributed by atoms with Crippen LogP contribution in [0.15, 0.2) is 310 Å². The number of halogens is 6. The molecule has 0 unspecified atom stereocenters. The first kappa shape index (κ1) is 111. The van der Waals surface area contributed by atoms with Gasteiger partial charge < -0.3 is 34.0 Å². The monoisotopic (exact) mass is 1810 g/mol. The van der Waals surface area contributed by atoms with E-state index >= 15 is 0 Å². The second-order valence-corrected chi connectivity index (χ2v) is 33.5. The third-order valence-electron chi connectivity index (χ3n) is 17.9. The Morgan fingerprint density at radius 3 is 1.08 bits per heavy atom. The third-order valence-corrected chi connectivity index (χ3v) is 19.7. The predicted octanol–water partition coefficient (Wildman–Crippen LogP) is 30.5. The average Bonchev–Trinajstić information content (AvgIpc) is 1.69. The van der Waals surface area contributed by atoms with Gasteiger partial charge in [-0.2, -0.15) is 13.2 Å².